The van der Waals surface area contributed by atoms with Crippen LogP contribution in [0.3, 0.4) is 0 Å². The number of ether oxygens (including phenoxy) is 1. The van der Waals surface area contributed by atoms with Gasteiger partial charge in [0.2, 0.25) is 0 Å². The molecule has 1 amide bonds. The van der Waals surface area contributed by atoms with E-state index in [-0.39, 0.29) is 10.6 Å². The number of nitrogens with one attached hydrogen (secondary N) is 1. The van der Waals surface area contributed by atoms with Gasteiger partial charge in [-0.05, 0) is 17.7 Å². The number of carbonyl (C=O) groups excluding carboxylic acids is 2. The topological polar surface area (TPSA) is 55.4 Å². The number of benzene rings is 1. The fourth-order valence-electron chi connectivity index (χ4n) is 1.77. The van der Waals surface area contributed by atoms with E-state index in [1.54, 1.807) is 5.38 Å². The first-order valence-corrected chi connectivity index (χ1v) is 8.88. The lowest BCUT2D eigenvalue weighted by atomic mass is 10.0. The van der Waals surface area contributed by atoms with Gasteiger partial charge in [0.15, 0.2) is 0 Å². The van der Waals surface area contributed by atoms with E-state index in [9.17, 15) is 9.59 Å². The van der Waals surface area contributed by atoms with Gasteiger partial charge in [-0.3, -0.25) is 4.79 Å². The van der Waals surface area contributed by atoms with E-state index in [1.807, 2.05) is 24.3 Å². The van der Waals surface area contributed by atoms with Gasteiger partial charge in [0.1, 0.15) is 10.6 Å². The molecule has 9 heteroatoms. The summed E-state index contributed by atoms with van der Waals surface area (Å²) in [6.07, 6.45) is 0. The monoisotopic (exact) mass is 455 g/mol. The maximum Gasteiger partial charge on any atom is 0.341 e. The first-order valence-electron chi connectivity index (χ1n) is 6.08. The average molecular weight is 458 g/mol. The summed E-state index contributed by atoms with van der Waals surface area (Å²) >= 11 is 21.1. The summed E-state index contributed by atoms with van der Waals surface area (Å²) in [6, 6.07) is 7.35. The van der Waals surface area contributed by atoms with Crippen molar-refractivity contribution in [3.63, 3.8) is 0 Å². The number of anilines is 1. The summed E-state index contributed by atoms with van der Waals surface area (Å²) in [5, 5.41) is 4.42. The minimum Gasteiger partial charge on any atom is -0.465 e. The average Bonchev–Trinajstić information content (AvgIpc) is 2.90. The van der Waals surface area contributed by atoms with E-state index in [0.29, 0.717) is 5.56 Å². The number of thiophene rings is 1. The van der Waals surface area contributed by atoms with Crippen LogP contribution < -0.4 is 5.32 Å². The van der Waals surface area contributed by atoms with Gasteiger partial charge in [0.25, 0.3) is 9.70 Å². The minimum absolute atomic E-state index is 0.211. The maximum atomic E-state index is 12.1. The minimum atomic E-state index is -2.13. The fraction of sp³-hybridized carbons (Fsp3) is 0.143. The molecule has 0 saturated carbocycles. The van der Waals surface area contributed by atoms with Crippen LogP contribution >= 0.6 is 62.1 Å². The van der Waals surface area contributed by atoms with Crippen molar-refractivity contribution >= 4 is 78.9 Å². The highest BCUT2D eigenvalue weighted by Gasteiger charge is 2.32. The molecule has 2 rings (SSSR count). The van der Waals surface area contributed by atoms with Crippen molar-refractivity contribution in [3.8, 4) is 11.1 Å². The highest BCUT2D eigenvalue weighted by atomic mass is 79.9. The second-order valence-corrected chi connectivity index (χ2v) is 8.38. The van der Waals surface area contributed by atoms with Gasteiger partial charge in [-0.1, -0.05) is 62.9 Å². The van der Waals surface area contributed by atoms with Gasteiger partial charge in [0, 0.05) is 15.4 Å². The summed E-state index contributed by atoms with van der Waals surface area (Å²) in [4.78, 5) is 23.9. The standard InChI is InChI=1S/C14H9BrCl3NO3S/c1-22-12(20)10-9(7-2-4-8(15)5-3-7)6-23-11(10)19-13(21)14(16,17)18/h2-6H,1H3,(H,19,21). The van der Waals surface area contributed by atoms with E-state index in [0.717, 1.165) is 21.4 Å². The number of hydrogen-bond donors (Lipinski definition) is 1. The van der Waals surface area contributed by atoms with Gasteiger partial charge in [0.05, 0.1) is 7.11 Å². The number of esters is 1. The Kier molecular flexibility index (Phi) is 5.97. The molecule has 0 saturated heterocycles. The van der Waals surface area contributed by atoms with Crippen molar-refractivity contribution in [1.29, 1.82) is 0 Å². The highest BCUT2D eigenvalue weighted by molar-refractivity contribution is 9.10. The van der Waals surface area contributed by atoms with Crippen LogP contribution in [0.1, 0.15) is 10.4 Å². The van der Waals surface area contributed by atoms with Crippen LogP contribution in [0.5, 0.6) is 0 Å². The molecule has 0 bridgehead atoms. The number of rotatable bonds is 3. The Bertz CT molecular complexity index is 741. The Balaban J connectivity index is 2.47. The molecule has 1 aromatic carbocycles. The summed E-state index contributed by atoms with van der Waals surface area (Å²) in [6.45, 7) is 0. The smallest absolute Gasteiger partial charge is 0.341 e. The van der Waals surface area contributed by atoms with E-state index in [2.05, 4.69) is 21.2 Å². The van der Waals surface area contributed by atoms with Crippen molar-refractivity contribution in [3.05, 3.63) is 39.7 Å². The predicted octanol–water partition coefficient (Wildman–Crippen LogP) is 5.27. The molecule has 0 atom stereocenters. The van der Waals surface area contributed by atoms with E-state index >= 15 is 0 Å². The van der Waals surface area contributed by atoms with Gasteiger partial charge in [-0.15, -0.1) is 11.3 Å². The SMILES string of the molecule is COC(=O)c1c(-c2ccc(Br)cc2)csc1NC(=O)C(Cl)(Cl)Cl. The number of carbonyl (C=O) groups is 2. The molecule has 0 fully saturated rings. The maximum absolute atomic E-state index is 12.1. The van der Waals surface area contributed by atoms with Crippen LogP contribution in [-0.2, 0) is 9.53 Å². The lowest BCUT2D eigenvalue weighted by molar-refractivity contribution is -0.115. The van der Waals surface area contributed by atoms with Gasteiger partial charge >= 0.3 is 5.97 Å². The molecule has 2 aromatic rings. The van der Waals surface area contributed by atoms with Crippen LogP contribution in [0.25, 0.3) is 11.1 Å². The van der Waals surface area contributed by atoms with Crippen molar-refractivity contribution < 1.29 is 14.3 Å². The zero-order valence-corrected chi connectivity index (χ0v) is 16.2. The molecule has 0 aliphatic heterocycles. The van der Waals surface area contributed by atoms with Gasteiger partial charge < -0.3 is 10.1 Å². The molecule has 0 radical (unpaired) electrons. The first-order chi connectivity index (χ1) is 10.7. The summed E-state index contributed by atoms with van der Waals surface area (Å²) in [5.74, 6) is -1.44. The van der Waals surface area contributed by atoms with Crippen molar-refractivity contribution in [2.24, 2.45) is 0 Å². The summed E-state index contributed by atoms with van der Waals surface area (Å²) < 4.78 is 3.57. The van der Waals surface area contributed by atoms with Crippen LogP contribution in [0.15, 0.2) is 34.1 Å². The van der Waals surface area contributed by atoms with Crippen LogP contribution in [-0.4, -0.2) is 22.8 Å². The van der Waals surface area contributed by atoms with Gasteiger partial charge in [-0.25, -0.2) is 4.79 Å². The lowest BCUT2D eigenvalue weighted by Gasteiger charge is -2.12. The molecular weight excluding hydrogens is 448 g/mol. The zero-order chi connectivity index (χ0) is 17.2. The summed E-state index contributed by atoms with van der Waals surface area (Å²) in [5.41, 5.74) is 1.62. The third-order valence-corrected chi connectivity index (χ3v) is 4.76. The quantitative estimate of drug-likeness (QED) is 0.504. The highest BCUT2D eigenvalue weighted by Crippen LogP contribution is 2.38. The zero-order valence-electron chi connectivity index (χ0n) is 11.5. The lowest BCUT2D eigenvalue weighted by Crippen LogP contribution is -2.27. The Labute approximate surface area is 159 Å². The second kappa shape index (κ2) is 7.40. The van der Waals surface area contributed by atoms with Crippen LogP contribution in [0, 0.1) is 0 Å². The number of methoxy groups -OCH3 is 1. The Morgan fingerprint density at radius 3 is 2.35 bits per heavy atom. The predicted molar refractivity (Wildman–Crippen MR) is 97.7 cm³/mol. The molecule has 1 aromatic heterocycles. The Hall–Kier alpha value is -0.790. The molecule has 0 aliphatic rings. The molecule has 4 nitrogen and oxygen atoms in total. The molecule has 0 unspecified atom stereocenters. The van der Waals surface area contributed by atoms with Crippen molar-refractivity contribution in [1.82, 2.24) is 0 Å². The number of hydrogen-bond acceptors (Lipinski definition) is 4. The normalized spacial score (nSPS) is 11.2. The molecular formula is C14H9BrCl3NO3S. The molecule has 1 N–H and O–H groups in total. The molecule has 122 valence electrons. The molecule has 23 heavy (non-hydrogen) atoms. The Morgan fingerprint density at radius 1 is 1.22 bits per heavy atom. The number of amides is 1. The summed E-state index contributed by atoms with van der Waals surface area (Å²) in [7, 11) is 1.26. The van der Waals surface area contributed by atoms with Crippen molar-refractivity contribution in [2.75, 3.05) is 12.4 Å². The van der Waals surface area contributed by atoms with E-state index in [1.165, 1.54) is 7.11 Å². The fourth-order valence-corrected chi connectivity index (χ4v) is 3.13. The second-order valence-electron chi connectivity index (χ2n) is 4.30. The van der Waals surface area contributed by atoms with E-state index in [4.69, 9.17) is 39.5 Å². The van der Waals surface area contributed by atoms with Crippen LogP contribution in [0.2, 0.25) is 0 Å². The van der Waals surface area contributed by atoms with E-state index < -0.39 is 15.7 Å². The molecule has 1 heterocycles. The van der Waals surface area contributed by atoms with Crippen molar-refractivity contribution in [2.45, 2.75) is 3.79 Å². The Morgan fingerprint density at radius 2 is 1.83 bits per heavy atom. The third-order valence-electron chi connectivity index (χ3n) is 2.82. The number of halogens is 4. The largest absolute Gasteiger partial charge is 0.465 e. The third kappa shape index (κ3) is 4.39. The van der Waals surface area contributed by atoms with Gasteiger partial charge in [-0.2, -0.15) is 0 Å². The molecule has 0 spiro atoms. The van der Waals surface area contributed by atoms with Crippen LogP contribution in [0.4, 0.5) is 5.00 Å². The molecule has 0 aliphatic carbocycles. The number of alkyl halides is 3. The first kappa shape index (κ1) is 18.5.